The molecule has 0 saturated carbocycles. The Kier molecular flexibility index (Phi) is 3.52. The molecule has 0 amide bonds. The number of hydrogen-bond donors (Lipinski definition) is 0. The van der Waals surface area contributed by atoms with Gasteiger partial charge in [0.05, 0.1) is 5.69 Å². The number of rotatable bonds is 2. The highest BCUT2D eigenvalue weighted by Crippen LogP contribution is 2.29. The molecule has 2 nitrogen and oxygen atoms in total. The van der Waals surface area contributed by atoms with Crippen molar-refractivity contribution >= 4 is 5.78 Å². The van der Waals surface area contributed by atoms with Gasteiger partial charge in [-0.25, -0.2) is 0 Å². The fourth-order valence-corrected chi connectivity index (χ4v) is 2.05. The van der Waals surface area contributed by atoms with E-state index in [9.17, 15) is 4.79 Å². The van der Waals surface area contributed by atoms with Gasteiger partial charge in [-0.2, -0.15) is 0 Å². The first-order valence-electron chi connectivity index (χ1n) is 6.46. The van der Waals surface area contributed by atoms with Crippen LogP contribution < -0.4 is 0 Å². The molecule has 2 heteroatoms. The van der Waals surface area contributed by atoms with Gasteiger partial charge in [0, 0.05) is 17.3 Å². The van der Waals surface area contributed by atoms with Crippen LogP contribution in [0.25, 0.3) is 11.3 Å². The molecule has 0 saturated heterocycles. The fourth-order valence-electron chi connectivity index (χ4n) is 2.05. The van der Waals surface area contributed by atoms with Crippen molar-refractivity contribution in [2.24, 2.45) is 0 Å². The van der Waals surface area contributed by atoms with Crippen molar-refractivity contribution in [1.82, 2.24) is 4.98 Å². The Morgan fingerprint density at radius 1 is 1.11 bits per heavy atom. The van der Waals surface area contributed by atoms with Crippen LogP contribution in [-0.4, -0.2) is 10.8 Å². The summed E-state index contributed by atoms with van der Waals surface area (Å²) in [7, 11) is 0. The highest BCUT2D eigenvalue weighted by atomic mass is 16.1. The predicted octanol–water partition coefficient (Wildman–Crippen LogP) is 4.25. The Hall–Kier alpha value is -1.96. The highest BCUT2D eigenvalue weighted by Gasteiger charge is 2.18. The first-order chi connectivity index (χ1) is 8.89. The van der Waals surface area contributed by atoms with E-state index in [0.717, 1.165) is 22.4 Å². The van der Waals surface area contributed by atoms with E-state index in [-0.39, 0.29) is 11.2 Å². The number of Topliss-reactive ketones (excluding diaryl/α,β-unsaturated/α-hetero) is 1. The van der Waals surface area contributed by atoms with Crippen LogP contribution in [0.1, 0.15) is 43.6 Å². The third-order valence-electron chi connectivity index (χ3n) is 3.21. The van der Waals surface area contributed by atoms with Gasteiger partial charge in [0.2, 0.25) is 0 Å². The van der Waals surface area contributed by atoms with Crippen LogP contribution >= 0.6 is 0 Å². The van der Waals surface area contributed by atoms with Crippen LogP contribution in [0, 0.1) is 0 Å². The Morgan fingerprint density at radius 3 is 2.37 bits per heavy atom. The normalized spacial score (nSPS) is 11.4. The van der Waals surface area contributed by atoms with Crippen molar-refractivity contribution in [2.45, 2.75) is 33.1 Å². The van der Waals surface area contributed by atoms with Crippen LogP contribution in [0.4, 0.5) is 0 Å². The second kappa shape index (κ2) is 4.96. The van der Waals surface area contributed by atoms with E-state index >= 15 is 0 Å². The second-order valence-corrected chi connectivity index (χ2v) is 5.78. The molecule has 1 heterocycles. The molecule has 0 bridgehead atoms. The molecule has 1 aromatic heterocycles. The van der Waals surface area contributed by atoms with E-state index in [1.807, 2.05) is 30.3 Å². The zero-order valence-corrected chi connectivity index (χ0v) is 11.9. The third-order valence-corrected chi connectivity index (χ3v) is 3.21. The van der Waals surface area contributed by atoms with Crippen molar-refractivity contribution in [3.8, 4) is 11.3 Å². The Balaban J connectivity index is 2.61. The molecule has 0 aliphatic rings. The molecule has 0 unspecified atom stereocenters. The molecule has 98 valence electrons. The first kappa shape index (κ1) is 13.5. The van der Waals surface area contributed by atoms with E-state index in [2.05, 4.69) is 31.8 Å². The maximum atomic E-state index is 11.9. The van der Waals surface area contributed by atoms with Crippen LogP contribution in [0.2, 0.25) is 0 Å². The van der Waals surface area contributed by atoms with E-state index in [1.54, 1.807) is 13.1 Å². The monoisotopic (exact) mass is 253 g/mol. The number of aromatic nitrogens is 1. The van der Waals surface area contributed by atoms with Crippen LogP contribution in [-0.2, 0) is 5.41 Å². The summed E-state index contributed by atoms with van der Waals surface area (Å²) in [6.45, 7) is 8.04. The minimum absolute atomic E-state index is 0.0346. The van der Waals surface area contributed by atoms with Crippen LogP contribution in [0.15, 0.2) is 42.6 Å². The lowest BCUT2D eigenvalue weighted by Crippen LogP contribution is -2.12. The number of carbonyl (C=O) groups excluding carboxylic acids is 1. The number of ketones is 1. The SMILES string of the molecule is CC(=O)c1cc(C(C)(C)C)ccc1-c1ccccn1. The molecule has 0 aliphatic heterocycles. The minimum atomic E-state index is 0.0346. The Labute approximate surface area is 114 Å². The third kappa shape index (κ3) is 2.90. The van der Waals surface area contributed by atoms with Gasteiger partial charge < -0.3 is 0 Å². The lowest BCUT2D eigenvalue weighted by atomic mass is 9.84. The number of carbonyl (C=O) groups is 1. The largest absolute Gasteiger partial charge is 0.294 e. The molecule has 0 N–H and O–H groups in total. The van der Waals surface area contributed by atoms with E-state index in [0.29, 0.717) is 0 Å². The summed E-state index contributed by atoms with van der Waals surface area (Å²) < 4.78 is 0. The standard InChI is InChI=1S/C17H19NO/c1-12(19)15-11-13(17(2,3)4)8-9-14(15)16-7-5-6-10-18-16/h5-11H,1-4H3. The molecule has 0 fully saturated rings. The van der Waals surface area contributed by atoms with E-state index in [4.69, 9.17) is 0 Å². The van der Waals surface area contributed by atoms with Gasteiger partial charge in [-0.3, -0.25) is 9.78 Å². The van der Waals surface area contributed by atoms with Gasteiger partial charge in [-0.05, 0) is 36.1 Å². The minimum Gasteiger partial charge on any atom is -0.294 e. The van der Waals surface area contributed by atoms with Gasteiger partial charge in [-0.15, -0.1) is 0 Å². The smallest absolute Gasteiger partial charge is 0.160 e. The van der Waals surface area contributed by atoms with Gasteiger partial charge in [0.15, 0.2) is 5.78 Å². The highest BCUT2D eigenvalue weighted by molar-refractivity contribution is 6.00. The maximum Gasteiger partial charge on any atom is 0.160 e. The number of pyridine rings is 1. The molecule has 0 atom stereocenters. The summed E-state index contributed by atoms with van der Waals surface area (Å²) in [6, 6.07) is 11.8. The average Bonchev–Trinajstić information content (AvgIpc) is 2.38. The summed E-state index contributed by atoms with van der Waals surface area (Å²) in [4.78, 5) is 16.2. The maximum absolute atomic E-state index is 11.9. The van der Waals surface area contributed by atoms with Gasteiger partial charge in [0.25, 0.3) is 0 Å². The van der Waals surface area contributed by atoms with E-state index in [1.165, 1.54) is 0 Å². The first-order valence-corrected chi connectivity index (χ1v) is 6.46. The summed E-state index contributed by atoms with van der Waals surface area (Å²) >= 11 is 0. The van der Waals surface area contributed by atoms with Crippen LogP contribution in [0.5, 0.6) is 0 Å². The Morgan fingerprint density at radius 2 is 1.84 bits per heavy atom. The van der Waals surface area contributed by atoms with Gasteiger partial charge in [0.1, 0.15) is 0 Å². The van der Waals surface area contributed by atoms with Crippen molar-refractivity contribution in [3.05, 3.63) is 53.7 Å². The molecule has 0 radical (unpaired) electrons. The number of nitrogens with zero attached hydrogens (tertiary/aromatic N) is 1. The molecular formula is C17H19NO. The summed E-state index contributed by atoms with van der Waals surface area (Å²) in [5, 5.41) is 0. The van der Waals surface area contributed by atoms with Crippen molar-refractivity contribution in [1.29, 1.82) is 0 Å². The molecule has 1 aromatic carbocycles. The number of benzene rings is 1. The molecule has 0 spiro atoms. The topological polar surface area (TPSA) is 30.0 Å². The Bertz CT molecular complexity index is 594. The van der Waals surface area contributed by atoms with Gasteiger partial charge in [-0.1, -0.05) is 39.0 Å². The molecule has 19 heavy (non-hydrogen) atoms. The van der Waals surface area contributed by atoms with Crippen molar-refractivity contribution < 1.29 is 4.79 Å². The lowest BCUT2D eigenvalue weighted by molar-refractivity contribution is 0.101. The quantitative estimate of drug-likeness (QED) is 0.749. The fraction of sp³-hybridized carbons (Fsp3) is 0.294. The molecular weight excluding hydrogens is 234 g/mol. The van der Waals surface area contributed by atoms with E-state index < -0.39 is 0 Å². The average molecular weight is 253 g/mol. The van der Waals surface area contributed by atoms with Crippen molar-refractivity contribution in [2.75, 3.05) is 0 Å². The zero-order valence-electron chi connectivity index (χ0n) is 11.9. The van der Waals surface area contributed by atoms with Gasteiger partial charge >= 0.3 is 0 Å². The second-order valence-electron chi connectivity index (χ2n) is 5.78. The summed E-state index contributed by atoms with van der Waals surface area (Å²) in [5.74, 6) is 0.0757. The lowest BCUT2D eigenvalue weighted by Gasteiger charge is -2.20. The molecule has 2 rings (SSSR count). The molecule has 0 aliphatic carbocycles. The summed E-state index contributed by atoms with van der Waals surface area (Å²) in [6.07, 6.45) is 1.75. The number of hydrogen-bond acceptors (Lipinski definition) is 2. The zero-order chi connectivity index (χ0) is 14.0. The van der Waals surface area contributed by atoms with Crippen LogP contribution in [0.3, 0.4) is 0 Å². The predicted molar refractivity (Wildman–Crippen MR) is 78.4 cm³/mol. The van der Waals surface area contributed by atoms with Crippen molar-refractivity contribution in [3.63, 3.8) is 0 Å². The molecule has 2 aromatic rings. The summed E-state index contributed by atoms with van der Waals surface area (Å²) in [5.41, 5.74) is 3.69.